The van der Waals surface area contributed by atoms with Crippen molar-refractivity contribution in [2.75, 3.05) is 31.6 Å². The largest absolute Gasteiger partial charge is 0.379 e. The normalized spacial score (nSPS) is 16.0. The molecule has 7 heteroatoms. The first-order valence-electron chi connectivity index (χ1n) is 8.29. The number of rotatable bonds is 5. The number of hydrogen-bond donors (Lipinski definition) is 1. The number of benzene rings is 1. The molecule has 0 saturated carbocycles. The van der Waals surface area contributed by atoms with Crippen molar-refractivity contribution in [2.24, 2.45) is 0 Å². The first-order chi connectivity index (χ1) is 12.0. The van der Waals surface area contributed by atoms with Gasteiger partial charge in [0.2, 0.25) is 5.91 Å². The van der Waals surface area contributed by atoms with Gasteiger partial charge in [-0.15, -0.1) is 11.3 Å². The number of morpholine rings is 1. The maximum atomic E-state index is 13.8. The average Bonchev–Trinajstić information content (AvgIpc) is 3.04. The molecular formula is C18H22FN3O2S. The summed E-state index contributed by atoms with van der Waals surface area (Å²) in [4.78, 5) is 19.9. The van der Waals surface area contributed by atoms with Crippen molar-refractivity contribution in [1.82, 2.24) is 9.88 Å². The van der Waals surface area contributed by atoms with Gasteiger partial charge in [-0.05, 0) is 25.5 Å². The number of aromatic nitrogens is 1. The van der Waals surface area contributed by atoms with Gasteiger partial charge in [0.05, 0.1) is 18.8 Å². The van der Waals surface area contributed by atoms with E-state index < -0.39 is 5.54 Å². The van der Waals surface area contributed by atoms with E-state index in [1.54, 1.807) is 18.3 Å². The van der Waals surface area contributed by atoms with Gasteiger partial charge in [-0.3, -0.25) is 9.69 Å². The number of ether oxygens (including phenoxy) is 1. The van der Waals surface area contributed by atoms with Crippen molar-refractivity contribution in [3.05, 3.63) is 46.7 Å². The van der Waals surface area contributed by atoms with Crippen molar-refractivity contribution < 1.29 is 13.9 Å². The fourth-order valence-corrected chi connectivity index (χ4v) is 3.62. The van der Waals surface area contributed by atoms with Gasteiger partial charge < -0.3 is 10.1 Å². The Labute approximate surface area is 150 Å². The first-order valence-corrected chi connectivity index (χ1v) is 9.11. The van der Waals surface area contributed by atoms with Crippen LogP contribution in [0.5, 0.6) is 0 Å². The Balaban J connectivity index is 1.64. The van der Waals surface area contributed by atoms with Crippen LogP contribution in [0.4, 0.5) is 9.52 Å². The van der Waals surface area contributed by atoms with E-state index in [4.69, 9.17) is 4.74 Å². The number of thiazole rings is 1. The minimum Gasteiger partial charge on any atom is -0.379 e. The molecule has 0 atom stereocenters. The number of nitrogens with one attached hydrogen (secondary N) is 1. The van der Waals surface area contributed by atoms with E-state index in [0.29, 0.717) is 30.3 Å². The zero-order chi connectivity index (χ0) is 17.9. The summed E-state index contributed by atoms with van der Waals surface area (Å²) in [6.45, 7) is 6.55. The van der Waals surface area contributed by atoms with E-state index >= 15 is 0 Å². The number of hydrogen-bond acceptors (Lipinski definition) is 5. The van der Waals surface area contributed by atoms with Crippen LogP contribution in [0.15, 0.2) is 30.5 Å². The van der Waals surface area contributed by atoms with E-state index in [-0.39, 0.29) is 11.7 Å². The Morgan fingerprint density at radius 2 is 2.08 bits per heavy atom. The van der Waals surface area contributed by atoms with Crippen molar-refractivity contribution in [3.8, 4) is 0 Å². The summed E-state index contributed by atoms with van der Waals surface area (Å²) in [6.07, 6.45) is 2.15. The number of nitrogens with zero attached hydrogens (tertiary/aromatic N) is 2. The molecule has 1 N–H and O–H groups in total. The number of carbonyl (C=O) groups is 1. The SMILES string of the molecule is CC(C)(C(=O)Nc1ncc(Cc2ccccc2F)s1)N1CCOCC1. The summed E-state index contributed by atoms with van der Waals surface area (Å²) in [5, 5.41) is 3.43. The highest BCUT2D eigenvalue weighted by Gasteiger charge is 2.35. The van der Waals surface area contributed by atoms with Crippen LogP contribution in [-0.2, 0) is 16.0 Å². The lowest BCUT2D eigenvalue weighted by molar-refractivity contribution is -0.129. The average molecular weight is 363 g/mol. The highest BCUT2D eigenvalue weighted by atomic mass is 32.1. The van der Waals surface area contributed by atoms with Crippen LogP contribution < -0.4 is 5.32 Å². The molecule has 0 radical (unpaired) electrons. The summed E-state index contributed by atoms with van der Waals surface area (Å²) >= 11 is 1.37. The molecule has 25 heavy (non-hydrogen) atoms. The van der Waals surface area contributed by atoms with Gasteiger partial charge in [-0.25, -0.2) is 9.37 Å². The second-order valence-corrected chi connectivity index (χ2v) is 7.63. The maximum absolute atomic E-state index is 13.8. The molecule has 2 heterocycles. The summed E-state index contributed by atoms with van der Waals surface area (Å²) in [5.41, 5.74) is -0.0149. The summed E-state index contributed by atoms with van der Waals surface area (Å²) < 4.78 is 19.1. The van der Waals surface area contributed by atoms with Gasteiger partial charge in [0, 0.05) is 30.6 Å². The van der Waals surface area contributed by atoms with Crippen LogP contribution in [-0.4, -0.2) is 47.6 Å². The third-order valence-electron chi connectivity index (χ3n) is 4.45. The molecule has 1 amide bonds. The van der Waals surface area contributed by atoms with E-state index in [0.717, 1.165) is 18.0 Å². The molecule has 0 bridgehead atoms. The molecule has 1 saturated heterocycles. The first kappa shape index (κ1) is 18.0. The molecule has 1 aromatic heterocycles. The fraction of sp³-hybridized carbons (Fsp3) is 0.444. The maximum Gasteiger partial charge on any atom is 0.246 e. The molecule has 0 aliphatic carbocycles. The Morgan fingerprint density at radius 3 is 2.80 bits per heavy atom. The lowest BCUT2D eigenvalue weighted by Gasteiger charge is -2.39. The topological polar surface area (TPSA) is 54.5 Å². The number of carbonyl (C=O) groups excluding carboxylic acids is 1. The predicted octanol–water partition coefficient (Wildman–Crippen LogP) is 2.92. The second kappa shape index (κ2) is 7.59. The Hall–Kier alpha value is -1.83. The minimum atomic E-state index is -0.638. The molecule has 3 rings (SSSR count). The third-order valence-corrected chi connectivity index (χ3v) is 5.37. The molecular weight excluding hydrogens is 341 g/mol. The van der Waals surface area contributed by atoms with Crippen molar-refractivity contribution in [1.29, 1.82) is 0 Å². The van der Waals surface area contributed by atoms with Crippen molar-refractivity contribution >= 4 is 22.4 Å². The van der Waals surface area contributed by atoms with E-state index in [9.17, 15) is 9.18 Å². The van der Waals surface area contributed by atoms with Crippen LogP contribution in [0.2, 0.25) is 0 Å². The zero-order valence-electron chi connectivity index (χ0n) is 14.4. The van der Waals surface area contributed by atoms with Gasteiger partial charge in [0.25, 0.3) is 0 Å². The van der Waals surface area contributed by atoms with E-state index in [1.807, 2.05) is 19.9 Å². The van der Waals surface area contributed by atoms with Gasteiger partial charge in [0.15, 0.2) is 5.13 Å². The molecule has 0 unspecified atom stereocenters. The molecule has 1 aliphatic rings. The lowest BCUT2D eigenvalue weighted by atomic mass is 10.0. The molecule has 5 nitrogen and oxygen atoms in total. The number of halogens is 1. The summed E-state index contributed by atoms with van der Waals surface area (Å²) in [7, 11) is 0. The molecule has 0 spiro atoms. The summed E-state index contributed by atoms with van der Waals surface area (Å²) in [5.74, 6) is -0.323. The third kappa shape index (κ3) is 4.23. The highest BCUT2D eigenvalue weighted by molar-refractivity contribution is 7.15. The molecule has 1 aliphatic heterocycles. The quantitative estimate of drug-likeness (QED) is 0.887. The standard InChI is InChI=1S/C18H22FN3O2S/c1-18(2,22-7-9-24-10-8-22)16(23)21-17-20-12-14(25-17)11-13-5-3-4-6-15(13)19/h3-6,12H,7-11H2,1-2H3,(H,20,21,23). The second-order valence-electron chi connectivity index (χ2n) is 6.51. The van der Waals surface area contributed by atoms with Crippen LogP contribution in [0.25, 0.3) is 0 Å². The van der Waals surface area contributed by atoms with E-state index in [1.165, 1.54) is 17.4 Å². The van der Waals surface area contributed by atoms with Crippen LogP contribution in [0.1, 0.15) is 24.3 Å². The molecule has 1 fully saturated rings. The van der Waals surface area contributed by atoms with Gasteiger partial charge in [-0.2, -0.15) is 0 Å². The summed E-state index contributed by atoms with van der Waals surface area (Å²) in [6, 6.07) is 6.69. The molecule has 134 valence electrons. The van der Waals surface area contributed by atoms with Crippen LogP contribution in [0.3, 0.4) is 0 Å². The molecule has 1 aromatic carbocycles. The Morgan fingerprint density at radius 1 is 1.36 bits per heavy atom. The van der Waals surface area contributed by atoms with Crippen LogP contribution in [0, 0.1) is 5.82 Å². The monoisotopic (exact) mass is 363 g/mol. The number of anilines is 1. The zero-order valence-corrected chi connectivity index (χ0v) is 15.2. The Kier molecular flexibility index (Phi) is 5.46. The van der Waals surface area contributed by atoms with Gasteiger partial charge in [-0.1, -0.05) is 18.2 Å². The molecule has 2 aromatic rings. The predicted molar refractivity (Wildman–Crippen MR) is 96.4 cm³/mol. The van der Waals surface area contributed by atoms with E-state index in [2.05, 4.69) is 15.2 Å². The Bertz CT molecular complexity index is 741. The number of amides is 1. The highest BCUT2D eigenvalue weighted by Crippen LogP contribution is 2.24. The van der Waals surface area contributed by atoms with Gasteiger partial charge >= 0.3 is 0 Å². The van der Waals surface area contributed by atoms with Crippen molar-refractivity contribution in [3.63, 3.8) is 0 Å². The van der Waals surface area contributed by atoms with Crippen molar-refractivity contribution in [2.45, 2.75) is 25.8 Å². The minimum absolute atomic E-state index is 0.0961. The lowest BCUT2D eigenvalue weighted by Crippen LogP contribution is -2.56. The fourth-order valence-electron chi connectivity index (χ4n) is 2.79. The van der Waals surface area contributed by atoms with Crippen LogP contribution >= 0.6 is 11.3 Å². The smallest absolute Gasteiger partial charge is 0.246 e. The van der Waals surface area contributed by atoms with Gasteiger partial charge in [0.1, 0.15) is 5.82 Å².